The molecule has 2 atom stereocenters. The van der Waals surface area contributed by atoms with Gasteiger partial charge in [0, 0.05) is 23.8 Å². The molecular formula is C32H37F3N2O4S. The number of nitrogens with zero attached hydrogens (tertiary/aromatic N) is 1. The Labute approximate surface area is 245 Å². The first-order chi connectivity index (χ1) is 19.9. The van der Waals surface area contributed by atoms with Gasteiger partial charge in [-0.1, -0.05) is 31.2 Å². The number of ether oxygens (including phenoxy) is 1. The van der Waals surface area contributed by atoms with Crippen LogP contribution in [-0.2, 0) is 32.0 Å². The minimum atomic E-state index is -4.37. The summed E-state index contributed by atoms with van der Waals surface area (Å²) in [5, 5.41) is 2.89. The van der Waals surface area contributed by atoms with Crippen molar-refractivity contribution in [3.8, 4) is 0 Å². The number of benzene rings is 3. The number of carbonyl (C=O) groups excluding carboxylic acids is 1. The molecule has 1 N–H and O–H groups in total. The van der Waals surface area contributed by atoms with E-state index in [1.807, 2.05) is 38.1 Å². The maximum absolute atomic E-state index is 13.1. The summed E-state index contributed by atoms with van der Waals surface area (Å²) in [7, 11) is -3.30. The maximum Gasteiger partial charge on any atom is 0.416 e. The van der Waals surface area contributed by atoms with Crippen LogP contribution in [0.5, 0.6) is 0 Å². The summed E-state index contributed by atoms with van der Waals surface area (Å²) >= 11 is 0. The van der Waals surface area contributed by atoms with Gasteiger partial charge >= 0.3 is 6.18 Å². The summed E-state index contributed by atoms with van der Waals surface area (Å²) in [6.45, 7) is 6.72. The summed E-state index contributed by atoms with van der Waals surface area (Å²) in [5.41, 5.74) is 2.49. The highest BCUT2D eigenvalue weighted by Gasteiger charge is 2.32. The number of rotatable bonds is 10. The molecule has 1 heterocycles. The number of sulfone groups is 1. The Kier molecular flexibility index (Phi) is 9.99. The number of hydrogen-bond acceptors (Lipinski definition) is 5. The smallest absolute Gasteiger partial charge is 0.377 e. The number of amides is 1. The van der Waals surface area contributed by atoms with E-state index < -0.39 is 21.6 Å². The molecular weight excluding hydrogens is 565 g/mol. The van der Waals surface area contributed by atoms with E-state index in [0.717, 1.165) is 36.2 Å². The molecule has 226 valence electrons. The molecule has 0 spiro atoms. The van der Waals surface area contributed by atoms with E-state index in [0.29, 0.717) is 24.4 Å². The van der Waals surface area contributed by atoms with Gasteiger partial charge in [-0.15, -0.1) is 0 Å². The summed E-state index contributed by atoms with van der Waals surface area (Å²) in [4.78, 5) is 15.1. The first-order valence-corrected chi connectivity index (χ1v) is 15.8. The number of alkyl halides is 3. The number of hydrogen-bond donors (Lipinski definition) is 1. The first-order valence-electron chi connectivity index (χ1n) is 14.1. The zero-order valence-corrected chi connectivity index (χ0v) is 24.8. The highest BCUT2D eigenvalue weighted by Crippen LogP contribution is 2.36. The van der Waals surface area contributed by atoms with Gasteiger partial charge in [-0.05, 0) is 86.3 Å². The van der Waals surface area contributed by atoms with Gasteiger partial charge in [-0.25, -0.2) is 8.42 Å². The Hall–Kier alpha value is -3.37. The van der Waals surface area contributed by atoms with Gasteiger partial charge in [-0.3, -0.25) is 4.79 Å². The fraction of sp³-hybridized carbons (Fsp3) is 0.406. The van der Waals surface area contributed by atoms with Gasteiger partial charge in [0.25, 0.3) is 0 Å². The van der Waals surface area contributed by atoms with Crippen molar-refractivity contribution in [3.05, 3.63) is 89.5 Å². The molecule has 0 radical (unpaired) electrons. The highest BCUT2D eigenvalue weighted by atomic mass is 32.2. The van der Waals surface area contributed by atoms with Crippen LogP contribution in [0.25, 0.3) is 0 Å². The molecule has 1 aliphatic rings. The van der Waals surface area contributed by atoms with Crippen molar-refractivity contribution < 1.29 is 31.1 Å². The van der Waals surface area contributed by atoms with Gasteiger partial charge in [0.2, 0.25) is 5.91 Å². The van der Waals surface area contributed by atoms with E-state index in [9.17, 15) is 26.4 Å². The van der Waals surface area contributed by atoms with Crippen molar-refractivity contribution in [2.75, 3.05) is 29.1 Å². The lowest BCUT2D eigenvalue weighted by Gasteiger charge is -2.41. The molecule has 42 heavy (non-hydrogen) atoms. The molecule has 6 nitrogen and oxygen atoms in total. The number of piperidine rings is 1. The topological polar surface area (TPSA) is 75.7 Å². The Morgan fingerprint density at radius 2 is 1.62 bits per heavy atom. The second kappa shape index (κ2) is 13.3. The third-order valence-corrected chi connectivity index (χ3v) is 9.30. The fourth-order valence-electron chi connectivity index (χ4n) is 5.14. The minimum Gasteiger partial charge on any atom is -0.377 e. The van der Waals surface area contributed by atoms with Crippen LogP contribution < -0.4 is 10.2 Å². The summed E-state index contributed by atoms with van der Waals surface area (Å²) in [6.07, 6.45) is -2.52. The molecule has 1 saturated heterocycles. The monoisotopic (exact) mass is 602 g/mol. The molecule has 1 aliphatic heterocycles. The number of anilines is 2. The van der Waals surface area contributed by atoms with Crippen LogP contribution in [0.2, 0.25) is 0 Å². The molecule has 3 aromatic carbocycles. The second-order valence-electron chi connectivity index (χ2n) is 10.9. The van der Waals surface area contributed by atoms with Crippen LogP contribution in [0.15, 0.2) is 77.7 Å². The molecule has 1 unspecified atom stereocenters. The molecule has 10 heteroatoms. The van der Waals surface area contributed by atoms with Gasteiger partial charge in [-0.2, -0.15) is 13.2 Å². The predicted octanol–water partition coefficient (Wildman–Crippen LogP) is 6.86. The Morgan fingerprint density at radius 1 is 0.976 bits per heavy atom. The lowest BCUT2D eigenvalue weighted by molar-refractivity contribution is -0.137. The van der Waals surface area contributed by atoms with Crippen molar-refractivity contribution in [3.63, 3.8) is 0 Å². The van der Waals surface area contributed by atoms with E-state index in [1.165, 1.54) is 12.1 Å². The largest absolute Gasteiger partial charge is 0.416 e. The second-order valence-corrected chi connectivity index (χ2v) is 13.2. The summed E-state index contributed by atoms with van der Waals surface area (Å²) in [6, 6.07) is 19.4. The van der Waals surface area contributed by atoms with E-state index in [1.54, 1.807) is 31.2 Å². The third-order valence-electron chi connectivity index (χ3n) is 7.55. The van der Waals surface area contributed by atoms with Crippen molar-refractivity contribution in [2.24, 2.45) is 0 Å². The Balaban J connectivity index is 1.44. The SMILES string of the molecule is CCS(=O)(=O)c1ccc(CC(=O)Nc2ccc(N3CC(c4ccc(C(F)(F)F)cc4)CC[C@H]3COC(C)C)cc2)cc1. The molecule has 3 aromatic rings. The van der Waals surface area contributed by atoms with Crippen molar-refractivity contribution in [1.82, 2.24) is 0 Å². The Morgan fingerprint density at radius 3 is 2.19 bits per heavy atom. The molecule has 4 rings (SSSR count). The molecule has 0 bridgehead atoms. The number of nitrogens with one attached hydrogen (secondary N) is 1. The highest BCUT2D eigenvalue weighted by molar-refractivity contribution is 7.91. The summed E-state index contributed by atoms with van der Waals surface area (Å²) in [5.74, 6) is -0.139. The summed E-state index contributed by atoms with van der Waals surface area (Å²) < 4.78 is 69.2. The quantitative estimate of drug-likeness (QED) is 0.275. The predicted molar refractivity (Wildman–Crippen MR) is 159 cm³/mol. The number of halogens is 3. The van der Waals surface area contributed by atoms with Crippen LogP contribution in [0.3, 0.4) is 0 Å². The average Bonchev–Trinajstić information content (AvgIpc) is 2.96. The van der Waals surface area contributed by atoms with Crippen molar-refractivity contribution >= 4 is 27.1 Å². The van der Waals surface area contributed by atoms with E-state index >= 15 is 0 Å². The van der Waals surface area contributed by atoms with Crippen LogP contribution in [-0.4, -0.2) is 45.4 Å². The number of carbonyl (C=O) groups is 1. The lowest BCUT2D eigenvalue weighted by atomic mass is 9.86. The maximum atomic E-state index is 13.1. The van der Waals surface area contributed by atoms with E-state index in [4.69, 9.17) is 4.74 Å². The molecule has 1 fully saturated rings. The minimum absolute atomic E-state index is 0.0153. The van der Waals surface area contributed by atoms with Gasteiger partial charge in [0.05, 0.1) is 41.4 Å². The fourth-order valence-corrected chi connectivity index (χ4v) is 6.03. The Bertz CT molecular complexity index is 1440. The van der Waals surface area contributed by atoms with E-state index in [-0.39, 0.29) is 41.0 Å². The van der Waals surface area contributed by atoms with Crippen molar-refractivity contribution in [1.29, 1.82) is 0 Å². The zero-order valence-electron chi connectivity index (χ0n) is 24.0. The third kappa shape index (κ3) is 8.13. The average molecular weight is 603 g/mol. The molecule has 0 aliphatic carbocycles. The molecule has 0 saturated carbocycles. The van der Waals surface area contributed by atoms with Crippen LogP contribution in [0, 0.1) is 0 Å². The van der Waals surface area contributed by atoms with E-state index in [2.05, 4.69) is 10.2 Å². The van der Waals surface area contributed by atoms with Gasteiger partial charge in [0.15, 0.2) is 9.84 Å². The molecule has 0 aromatic heterocycles. The van der Waals surface area contributed by atoms with Gasteiger partial charge < -0.3 is 15.0 Å². The van der Waals surface area contributed by atoms with Gasteiger partial charge in [0.1, 0.15) is 0 Å². The normalized spacial score (nSPS) is 17.8. The standard InChI is InChI=1S/C32H37F3N2O4S/c1-4-42(39,40)30-17-5-23(6-18-30)19-31(38)36-27-12-15-28(16-13-27)37-20-25(9-14-29(37)21-41-22(2)3)24-7-10-26(11-8-24)32(33,34)35/h5-8,10-13,15-18,22,25,29H,4,9,14,19-21H2,1-3H3,(H,36,38)/t25?,29-/m0/s1. The molecule has 1 amide bonds. The zero-order chi connectivity index (χ0) is 30.5. The van der Waals surface area contributed by atoms with Crippen molar-refractivity contribution in [2.45, 2.75) is 69.2 Å². The van der Waals surface area contributed by atoms with Crippen LogP contribution in [0.4, 0.5) is 24.5 Å². The lowest BCUT2D eigenvalue weighted by Crippen LogP contribution is -2.45. The first kappa shape index (κ1) is 31.6. The van der Waals surface area contributed by atoms with Crippen LogP contribution >= 0.6 is 0 Å². The van der Waals surface area contributed by atoms with Crippen LogP contribution in [0.1, 0.15) is 56.2 Å².